The Kier molecular flexibility index (Phi) is 8.77. The normalized spacial score (nSPS) is 16.4. The number of benzene rings is 7. The first-order valence-electron chi connectivity index (χ1n) is 19.4. The van der Waals surface area contributed by atoms with E-state index < -0.39 is 0 Å². The monoisotopic (exact) mass is 736 g/mol. The lowest BCUT2D eigenvalue weighted by Crippen LogP contribution is -2.46. The summed E-state index contributed by atoms with van der Waals surface area (Å²) in [5.41, 5.74) is 13.6. The average molecular weight is 737 g/mol. The predicted octanol–water partition coefficient (Wildman–Crippen LogP) is 10.4. The summed E-state index contributed by atoms with van der Waals surface area (Å²) in [4.78, 5) is 5.33. The molecular weight excluding hydrogens is 697 g/mol. The zero-order chi connectivity index (χ0) is 37.4. The van der Waals surface area contributed by atoms with Gasteiger partial charge in [0.15, 0.2) is 0 Å². The molecule has 1 aromatic heterocycles. The molecule has 0 saturated heterocycles. The van der Waals surface area contributed by atoms with Crippen molar-refractivity contribution in [3.63, 3.8) is 0 Å². The smallest absolute Gasteiger partial charge is 0.141 e. The summed E-state index contributed by atoms with van der Waals surface area (Å²) in [7, 11) is 0.567. The van der Waals surface area contributed by atoms with E-state index in [1.807, 2.05) is 0 Å². The second-order valence-corrected chi connectivity index (χ2v) is 16.1. The maximum absolute atomic E-state index is 5.33. The molecule has 10 rings (SSSR count). The number of nitrogens with one attached hydrogen (secondary N) is 2. The summed E-state index contributed by atoms with van der Waals surface area (Å²) in [5.74, 6) is 0.456. The topological polar surface area (TPSA) is 41.4 Å². The van der Waals surface area contributed by atoms with Gasteiger partial charge in [0, 0.05) is 33.3 Å². The number of aromatic nitrogens is 1. The van der Waals surface area contributed by atoms with Gasteiger partial charge in [0.25, 0.3) is 0 Å². The molecule has 0 saturated carbocycles. The molecule has 56 heavy (non-hydrogen) atoms. The van der Waals surface area contributed by atoms with E-state index in [1.54, 1.807) is 0 Å². The SMILES string of the molecule is CC1C=CC2=C(C1)N=C(c1ccccc1)C(Nc1ccc(-c3ccc4c(c3)c3ccccc3n4-c3ccccc3)cc1-c1cccc([Si]c3ccccc3)c1)N2. The molecule has 0 amide bonds. The van der Waals surface area contributed by atoms with E-state index in [-0.39, 0.29) is 6.17 Å². The van der Waals surface area contributed by atoms with E-state index in [1.165, 1.54) is 48.9 Å². The number of hydrogen-bond donors (Lipinski definition) is 2. The van der Waals surface area contributed by atoms with Gasteiger partial charge in [-0.25, -0.2) is 0 Å². The van der Waals surface area contributed by atoms with E-state index in [4.69, 9.17) is 4.99 Å². The predicted molar refractivity (Wildman–Crippen MR) is 237 cm³/mol. The number of anilines is 1. The molecule has 4 nitrogen and oxygen atoms in total. The van der Waals surface area contributed by atoms with Crippen LogP contribution in [-0.4, -0.2) is 26.0 Å². The van der Waals surface area contributed by atoms with Gasteiger partial charge in [-0.1, -0.05) is 157 Å². The van der Waals surface area contributed by atoms with Crippen molar-refractivity contribution in [2.45, 2.75) is 19.5 Å². The fourth-order valence-electron chi connectivity index (χ4n) is 8.16. The highest BCUT2D eigenvalue weighted by molar-refractivity contribution is 6.67. The third-order valence-electron chi connectivity index (χ3n) is 10.9. The van der Waals surface area contributed by atoms with Gasteiger partial charge in [-0.2, -0.15) is 0 Å². The van der Waals surface area contributed by atoms with Crippen LogP contribution in [0.1, 0.15) is 18.9 Å². The summed E-state index contributed by atoms with van der Waals surface area (Å²) in [6.45, 7) is 2.25. The van der Waals surface area contributed by atoms with Crippen molar-refractivity contribution in [2.75, 3.05) is 5.32 Å². The molecule has 8 aromatic rings. The van der Waals surface area contributed by atoms with Gasteiger partial charge in [-0.3, -0.25) is 4.99 Å². The van der Waals surface area contributed by atoms with E-state index in [2.05, 4.69) is 210 Å². The Morgan fingerprint density at radius 3 is 2.12 bits per heavy atom. The van der Waals surface area contributed by atoms with Crippen LogP contribution in [0.3, 0.4) is 0 Å². The Labute approximate surface area is 330 Å². The number of para-hydroxylation sites is 2. The summed E-state index contributed by atoms with van der Waals surface area (Å²) < 4.78 is 2.37. The first kappa shape index (κ1) is 33.8. The molecule has 268 valence electrons. The summed E-state index contributed by atoms with van der Waals surface area (Å²) >= 11 is 0. The van der Waals surface area contributed by atoms with Gasteiger partial charge < -0.3 is 15.2 Å². The number of nitrogens with zero attached hydrogens (tertiary/aromatic N) is 2. The summed E-state index contributed by atoms with van der Waals surface area (Å²) in [6, 6.07) is 63.5. The van der Waals surface area contributed by atoms with Crippen LogP contribution in [0.25, 0.3) is 49.7 Å². The summed E-state index contributed by atoms with van der Waals surface area (Å²) in [5, 5.41) is 12.9. The molecule has 2 heterocycles. The first-order valence-corrected chi connectivity index (χ1v) is 20.4. The molecule has 0 fully saturated rings. The molecule has 5 heteroatoms. The van der Waals surface area contributed by atoms with Gasteiger partial charge >= 0.3 is 0 Å². The summed E-state index contributed by atoms with van der Waals surface area (Å²) in [6.07, 6.45) is 5.17. The minimum absolute atomic E-state index is 0.228. The molecule has 2 radical (unpaired) electrons. The number of rotatable bonds is 8. The van der Waals surface area contributed by atoms with E-state index in [9.17, 15) is 0 Å². The third-order valence-corrected chi connectivity index (χ3v) is 12.1. The van der Waals surface area contributed by atoms with Crippen LogP contribution in [0.5, 0.6) is 0 Å². The minimum Gasteiger partial charge on any atom is -0.360 e. The fraction of sp³-hybridized carbons (Fsp3) is 0.0784. The van der Waals surface area contributed by atoms with Gasteiger partial charge in [-0.15, -0.1) is 0 Å². The van der Waals surface area contributed by atoms with Crippen LogP contribution in [0.15, 0.2) is 204 Å². The molecule has 1 aliphatic carbocycles. The lowest BCUT2D eigenvalue weighted by atomic mass is 9.94. The Bertz CT molecular complexity index is 2820. The Morgan fingerprint density at radius 2 is 1.29 bits per heavy atom. The highest BCUT2D eigenvalue weighted by Crippen LogP contribution is 2.38. The lowest BCUT2D eigenvalue weighted by molar-refractivity contribution is 0.652. The van der Waals surface area contributed by atoms with Crippen LogP contribution < -0.4 is 21.0 Å². The van der Waals surface area contributed by atoms with Crippen LogP contribution >= 0.6 is 0 Å². The molecule has 2 unspecified atom stereocenters. The van der Waals surface area contributed by atoms with Crippen molar-refractivity contribution in [2.24, 2.45) is 10.9 Å². The highest BCUT2D eigenvalue weighted by Gasteiger charge is 2.27. The standard InChI is InChI=1S/C51H40N4Si/c1-34-24-27-46-47(30-34)52-50(35-14-5-2-6-15-35)51(54-46)53-45-28-25-36(32-43(45)38-16-13-21-41(31-38)56-40-19-9-4-10-20-40)37-26-29-49-44(33-37)42-22-11-12-23-48(42)55(49)39-17-7-3-8-18-39/h2-29,31-34,51,53-54H,30H2,1H3. The molecule has 0 spiro atoms. The van der Waals surface area contributed by atoms with Crippen LogP contribution in [0, 0.1) is 5.92 Å². The van der Waals surface area contributed by atoms with Crippen molar-refractivity contribution in [3.8, 4) is 27.9 Å². The zero-order valence-electron chi connectivity index (χ0n) is 31.2. The van der Waals surface area contributed by atoms with Crippen molar-refractivity contribution in [1.82, 2.24) is 9.88 Å². The van der Waals surface area contributed by atoms with Gasteiger partial charge in [-0.05, 0) is 77.6 Å². The van der Waals surface area contributed by atoms with Crippen LogP contribution in [0.4, 0.5) is 5.69 Å². The number of aliphatic imine (C=N–C) groups is 1. The first-order chi connectivity index (χ1) is 27.6. The van der Waals surface area contributed by atoms with Crippen molar-refractivity contribution in [3.05, 3.63) is 205 Å². The van der Waals surface area contributed by atoms with Gasteiger partial charge in [0.05, 0.1) is 28.1 Å². The Hall–Kier alpha value is -6.69. The molecule has 2 atom stereocenters. The average Bonchev–Trinajstić information content (AvgIpc) is 3.58. The van der Waals surface area contributed by atoms with Crippen LogP contribution in [0.2, 0.25) is 0 Å². The minimum atomic E-state index is -0.228. The number of hydrogen-bond acceptors (Lipinski definition) is 3. The van der Waals surface area contributed by atoms with Crippen molar-refractivity contribution < 1.29 is 0 Å². The Balaban J connectivity index is 1.09. The molecule has 2 N–H and O–H groups in total. The second-order valence-electron chi connectivity index (χ2n) is 14.7. The fourth-order valence-corrected chi connectivity index (χ4v) is 9.26. The zero-order valence-corrected chi connectivity index (χ0v) is 32.2. The van der Waals surface area contributed by atoms with Gasteiger partial charge in [0.1, 0.15) is 15.7 Å². The quantitative estimate of drug-likeness (QED) is 0.153. The molecular formula is C51H40N4Si. The number of allylic oxidation sites excluding steroid dienone is 3. The van der Waals surface area contributed by atoms with Gasteiger partial charge in [0.2, 0.25) is 0 Å². The molecule has 7 aromatic carbocycles. The number of fused-ring (bicyclic) bond motifs is 3. The van der Waals surface area contributed by atoms with Crippen molar-refractivity contribution in [1.29, 1.82) is 0 Å². The maximum Gasteiger partial charge on any atom is 0.141 e. The maximum atomic E-state index is 5.33. The highest BCUT2D eigenvalue weighted by atomic mass is 28.2. The molecule has 2 aliphatic rings. The van der Waals surface area contributed by atoms with E-state index in [0.717, 1.165) is 46.0 Å². The molecule has 0 bridgehead atoms. The van der Waals surface area contributed by atoms with E-state index in [0.29, 0.717) is 15.4 Å². The van der Waals surface area contributed by atoms with Crippen molar-refractivity contribution >= 4 is 53.1 Å². The third kappa shape index (κ3) is 6.46. The van der Waals surface area contributed by atoms with E-state index >= 15 is 0 Å². The Morgan fingerprint density at radius 1 is 0.607 bits per heavy atom. The van der Waals surface area contributed by atoms with Crippen LogP contribution in [-0.2, 0) is 0 Å². The lowest BCUT2D eigenvalue weighted by Gasteiger charge is -2.32. The molecule has 1 aliphatic heterocycles. The largest absolute Gasteiger partial charge is 0.360 e. The second kappa shape index (κ2) is 14.5.